The molecule has 33 heavy (non-hydrogen) atoms. The van der Waals surface area contributed by atoms with E-state index in [1.807, 2.05) is 65.0 Å². The maximum absolute atomic E-state index is 13.2. The minimum absolute atomic E-state index is 0.0712. The number of nitrogens with one attached hydrogen (secondary N) is 2. The molecule has 0 spiro atoms. The second kappa shape index (κ2) is 11.2. The Hall–Kier alpha value is -3.10. The van der Waals surface area contributed by atoms with E-state index in [-0.39, 0.29) is 18.4 Å². The number of alkyl carbamates (subject to hydrolysis) is 1. The predicted molar refractivity (Wildman–Crippen MR) is 124 cm³/mol. The third-order valence-corrected chi connectivity index (χ3v) is 5.70. The van der Waals surface area contributed by atoms with Crippen molar-refractivity contribution in [1.82, 2.24) is 15.5 Å². The number of nitrogens with two attached hydrogens (primary N) is 1. The predicted octanol–water partition coefficient (Wildman–Crippen LogP) is 1.94. The van der Waals surface area contributed by atoms with Crippen molar-refractivity contribution in [2.45, 2.75) is 72.2 Å². The molecule has 2 rings (SSSR count). The molecule has 1 aliphatic rings. The smallest absolute Gasteiger partial charge is 0.408 e. The van der Waals surface area contributed by atoms with Gasteiger partial charge in [-0.25, -0.2) is 4.79 Å². The SMILES string of the molecule is CC(C)[C@H](NC(=O)[C@@H](NC(=O)OCc1ccccc1)C(C)(C)C)C(=O)N1CCC[C@H]1C(N)=O. The van der Waals surface area contributed by atoms with Gasteiger partial charge in [0.25, 0.3) is 0 Å². The number of benzene rings is 1. The molecule has 0 aromatic heterocycles. The van der Waals surface area contributed by atoms with Crippen LogP contribution in [0.25, 0.3) is 0 Å². The molecule has 3 atom stereocenters. The van der Waals surface area contributed by atoms with E-state index < -0.39 is 41.4 Å². The Morgan fingerprint density at radius 3 is 2.30 bits per heavy atom. The van der Waals surface area contributed by atoms with E-state index in [0.29, 0.717) is 19.4 Å². The molecule has 9 heteroatoms. The molecule has 182 valence electrons. The van der Waals surface area contributed by atoms with Gasteiger partial charge in [-0.1, -0.05) is 65.0 Å². The van der Waals surface area contributed by atoms with E-state index in [4.69, 9.17) is 10.5 Å². The van der Waals surface area contributed by atoms with Crippen molar-refractivity contribution in [3.8, 4) is 0 Å². The first-order chi connectivity index (χ1) is 15.4. The Labute approximate surface area is 195 Å². The van der Waals surface area contributed by atoms with Gasteiger partial charge in [0.05, 0.1) is 0 Å². The quantitative estimate of drug-likeness (QED) is 0.546. The molecule has 1 aliphatic heterocycles. The van der Waals surface area contributed by atoms with Crippen LogP contribution in [0.1, 0.15) is 53.0 Å². The number of carbonyl (C=O) groups is 4. The number of rotatable bonds is 8. The molecule has 1 saturated heterocycles. The Balaban J connectivity index is 2.09. The highest BCUT2D eigenvalue weighted by atomic mass is 16.5. The van der Waals surface area contributed by atoms with Crippen molar-refractivity contribution in [3.63, 3.8) is 0 Å². The number of nitrogens with zero attached hydrogens (tertiary/aromatic N) is 1. The van der Waals surface area contributed by atoms with Gasteiger partial charge < -0.3 is 26.0 Å². The van der Waals surface area contributed by atoms with Gasteiger partial charge in [0, 0.05) is 6.54 Å². The number of hydrogen-bond acceptors (Lipinski definition) is 5. The fourth-order valence-electron chi connectivity index (χ4n) is 3.81. The highest BCUT2D eigenvalue weighted by Gasteiger charge is 2.40. The molecule has 1 aromatic carbocycles. The molecule has 0 unspecified atom stereocenters. The molecule has 1 heterocycles. The third-order valence-electron chi connectivity index (χ3n) is 5.70. The van der Waals surface area contributed by atoms with Crippen LogP contribution in [0.3, 0.4) is 0 Å². The summed E-state index contributed by atoms with van der Waals surface area (Å²) in [5.41, 5.74) is 5.63. The van der Waals surface area contributed by atoms with Crippen LogP contribution in [0.5, 0.6) is 0 Å². The average molecular weight is 461 g/mol. The largest absolute Gasteiger partial charge is 0.445 e. The lowest BCUT2D eigenvalue weighted by atomic mass is 9.85. The number of carbonyl (C=O) groups excluding carboxylic acids is 4. The van der Waals surface area contributed by atoms with Crippen LogP contribution in [0.2, 0.25) is 0 Å². The van der Waals surface area contributed by atoms with Gasteiger partial charge in [-0.15, -0.1) is 0 Å². The fraction of sp³-hybridized carbons (Fsp3) is 0.583. The molecular weight excluding hydrogens is 424 g/mol. The number of hydrogen-bond donors (Lipinski definition) is 3. The molecule has 1 fully saturated rings. The van der Waals surface area contributed by atoms with Gasteiger partial charge >= 0.3 is 6.09 Å². The summed E-state index contributed by atoms with van der Waals surface area (Å²) in [6.45, 7) is 9.54. The standard InChI is InChI=1S/C24H36N4O5/c1-15(2)18(22(31)28-13-9-12-17(28)20(25)29)26-21(30)19(24(3,4)5)27-23(32)33-14-16-10-7-6-8-11-16/h6-8,10-11,15,17-19H,9,12-14H2,1-5H3,(H2,25,29)(H,26,30)(H,27,32)/t17-,18-,19+/m0/s1. The Morgan fingerprint density at radius 2 is 1.76 bits per heavy atom. The molecule has 4 N–H and O–H groups in total. The number of ether oxygens (including phenoxy) is 1. The van der Waals surface area contributed by atoms with Crippen LogP contribution in [-0.2, 0) is 25.7 Å². The normalized spacial score (nSPS) is 17.9. The number of primary amides is 1. The molecule has 1 aromatic rings. The summed E-state index contributed by atoms with van der Waals surface area (Å²) in [7, 11) is 0. The summed E-state index contributed by atoms with van der Waals surface area (Å²) < 4.78 is 5.27. The van der Waals surface area contributed by atoms with Crippen LogP contribution in [0, 0.1) is 11.3 Å². The first kappa shape index (κ1) is 26.2. The van der Waals surface area contributed by atoms with E-state index in [1.165, 1.54) is 4.90 Å². The maximum atomic E-state index is 13.2. The van der Waals surface area contributed by atoms with E-state index in [1.54, 1.807) is 0 Å². The van der Waals surface area contributed by atoms with Gasteiger partial charge in [-0.05, 0) is 29.7 Å². The summed E-state index contributed by atoms with van der Waals surface area (Å²) in [5.74, 6) is -1.63. The molecular formula is C24H36N4O5. The number of likely N-dealkylation sites (tertiary alicyclic amines) is 1. The van der Waals surface area contributed by atoms with Crippen LogP contribution in [0.15, 0.2) is 30.3 Å². The Morgan fingerprint density at radius 1 is 1.12 bits per heavy atom. The zero-order valence-corrected chi connectivity index (χ0v) is 20.1. The Kier molecular flexibility index (Phi) is 8.84. The van der Waals surface area contributed by atoms with Gasteiger partial charge in [0.1, 0.15) is 24.7 Å². The van der Waals surface area contributed by atoms with E-state index in [9.17, 15) is 19.2 Å². The van der Waals surface area contributed by atoms with Gasteiger partial charge in [-0.2, -0.15) is 0 Å². The highest BCUT2D eigenvalue weighted by Crippen LogP contribution is 2.22. The monoisotopic (exact) mass is 460 g/mol. The molecule has 9 nitrogen and oxygen atoms in total. The lowest BCUT2D eigenvalue weighted by molar-refractivity contribution is -0.142. The minimum atomic E-state index is -0.944. The molecule has 0 radical (unpaired) electrons. The van der Waals surface area contributed by atoms with Crippen molar-refractivity contribution >= 4 is 23.8 Å². The van der Waals surface area contributed by atoms with Gasteiger partial charge in [0.15, 0.2) is 0 Å². The third kappa shape index (κ3) is 7.20. The molecule has 4 amide bonds. The van der Waals surface area contributed by atoms with Crippen molar-refractivity contribution in [3.05, 3.63) is 35.9 Å². The first-order valence-electron chi connectivity index (χ1n) is 11.3. The van der Waals surface area contributed by atoms with Gasteiger partial charge in [-0.3, -0.25) is 14.4 Å². The second-order valence-electron chi connectivity index (χ2n) is 9.83. The summed E-state index contributed by atoms with van der Waals surface area (Å²) in [4.78, 5) is 52.0. The second-order valence-corrected chi connectivity index (χ2v) is 9.83. The topological polar surface area (TPSA) is 131 Å². The van der Waals surface area contributed by atoms with E-state index >= 15 is 0 Å². The highest BCUT2D eigenvalue weighted by molar-refractivity contribution is 5.94. The zero-order valence-electron chi connectivity index (χ0n) is 20.1. The molecule has 0 saturated carbocycles. The average Bonchev–Trinajstić information content (AvgIpc) is 3.24. The zero-order chi connectivity index (χ0) is 24.8. The van der Waals surface area contributed by atoms with Crippen molar-refractivity contribution in [2.24, 2.45) is 17.1 Å². The maximum Gasteiger partial charge on any atom is 0.408 e. The van der Waals surface area contributed by atoms with E-state index in [2.05, 4.69) is 10.6 Å². The van der Waals surface area contributed by atoms with Crippen LogP contribution < -0.4 is 16.4 Å². The van der Waals surface area contributed by atoms with Crippen molar-refractivity contribution in [1.29, 1.82) is 0 Å². The lowest BCUT2D eigenvalue weighted by Crippen LogP contribution is -2.60. The number of amides is 4. The Bertz CT molecular complexity index is 850. The van der Waals surface area contributed by atoms with Crippen molar-refractivity contribution < 1.29 is 23.9 Å². The van der Waals surface area contributed by atoms with Crippen LogP contribution >= 0.6 is 0 Å². The lowest BCUT2D eigenvalue weighted by Gasteiger charge is -2.34. The molecule has 0 aliphatic carbocycles. The van der Waals surface area contributed by atoms with Crippen LogP contribution in [-0.4, -0.2) is 53.4 Å². The summed E-state index contributed by atoms with van der Waals surface area (Å²) >= 11 is 0. The summed E-state index contributed by atoms with van der Waals surface area (Å²) in [5, 5.41) is 5.42. The van der Waals surface area contributed by atoms with Crippen LogP contribution in [0.4, 0.5) is 4.79 Å². The molecule has 0 bridgehead atoms. The minimum Gasteiger partial charge on any atom is -0.445 e. The fourth-order valence-corrected chi connectivity index (χ4v) is 3.81. The summed E-state index contributed by atoms with van der Waals surface area (Å²) in [6, 6.07) is 6.74. The van der Waals surface area contributed by atoms with E-state index in [0.717, 1.165) is 5.56 Å². The van der Waals surface area contributed by atoms with Crippen molar-refractivity contribution in [2.75, 3.05) is 6.54 Å². The van der Waals surface area contributed by atoms with Gasteiger partial charge in [0.2, 0.25) is 17.7 Å². The first-order valence-corrected chi connectivity index (χ1v) is 11.3. The summed E-state index contributed by atoms with van der Waals surface area (Å²) in [6.07, 6.45) is 0.464.